The number of rotatable bonds is 5. The molecule has 9 heteroatoms. The van der Waals surface area contributed by atoms with E-state index in [1.54, 1.807) is 37.4 Å². The summed E-state index contributed by atoms with van der Waals surface area (Å²) in [6.07, 6.45) is 1.53. The third-order valence-corrected chi connectivity index (χ3v) is 6.51. The van der Waals surface area contributed by atoms with Crippen LogP contribution in [-0.2, 0) is 0 Å². The summed E-state index contributed by atoms with van der Waals surface area (Å²) >= 11 is 4.75. The topological polar surface area (TPSA) is 85.0 Å². The van der Waals surface area contributed by atoms with Gasteiger partial charge in [0.25, 0.3) is 5.91 Å². The van der Waals surface area contributed by atoms with Gasteiger partial charge in [0.2, 0.25) is 5.13 Å². The summed E-state index contributed by atoms with van der Waals surface area (Å²) in [5.74, 6) is 0.0676. The highest BCUT2D eigenvalue weighted by Crippen LogP contribution is 2.32. The Morgan fingerprint density at radius 3 is 2.71 bits per heavy atom. The van der Waals surface area contributed by atoms with Gasteiger partial charge in [-0.1, -0.05) is 45.5 Å². The van der Waals surface area contributed by atoms with Crippen LogP contribution in [0.3, 0.4) is 0 Å². The van der Waals surface area contributed by atoms with Crippen molar-refractivity contribution in [1.82, 2.24) is 4.98 Å². The molecule has 0 atom stereocenters. The third kappa shape index (κ3) is 4.35. The van der Waals surface area contributed by atoms with Gasteiger partial charge in [-0.05, 0) is 60.2 Å². The quantitative estimate of drug-likeness (QED) is 0.160. The van der Waals surface area contributed by atoms with E-state index in [0.29, 0.717) is 27.4 Å². The minimum Gasteiger partial charge on any atom is -0.497 e. The van der Waals surface area contributed by atoms with Crippen LogP contribution in [0.2, 0.25) is 0 Å². The Bertz CT molecular complexity index is 1610. The van der Waals surface area contributed by atoms with Crippen molar-refractivity contribution in [3.63, 3.8) is 0 Å². The zero-order chi connectivity index (χ0) is 23.7. The van der Waals surface area contributed by atoms with Gasteiger partial charge < -0.3 is 9.15 Å². The number of hydrazone groups is 1. The number of anilines is 1. The average Bonchev–Trinajstić information content (AvgIpc) is 3.26. The molecule has 1 amide bonds. The SMILES string of the molecule is COc1ccc(/C=N/N(C(=O)c2cc3ccccc3oc2=O)c2nc3ccc(Br)cc3s2)cc1. The lowest BCUT2D eigenvalue weighted by atomic mass is 10.2. The Labute approximate surface area is 206 Å². The molecule has 168 valence electrons. The fraction of sp³-hybridized carbons (Fsp3) is 0.0400. The Balaban J connectivity index is 1.60. The number of fused-ring (bicyclic) bond motifs is 2. The van der Waals surface area contributed by atoms with Crippen molar-refractivity contribution in [3.8, 4) is 5.75 Å². The molecule has 3 aromatic carbocycles. The molecule has 5 aromatic rings. The number of nitrogens with zero attached hydrogens (tertiary/aromatic N) is 3. The van der Waals surface area contributed by atoms with E-state index >= 15 is 0 Å². The van der Waals surface area contributed by atoms with E-state index in [-0.39, 0.29) is 5.56 Å². The maximum Gasteiger partial charge on any atom is 0.349 e. The minimum absolute atomic E-state index is 0.133. The van der Waals surface area contributed by atoms with Crippen LogP contribution in [0.15, 0.2) is 91.6 Å². The molecule has 0 unspecified atom stereocenters. The van der Waals surface area contributed by atoms with Crippen LogP contribution >= 0.6 is 27.3 Å². The average molecular weight is 534 g/mol. The molecule has 0 fully saturated rings. The highest BCUT2D eigenvalue weighted by atomic mass is 79.9. The molecule has 2 aromatic heterocycles. The molecule has 0 N–H and O–H groups in total. The third-order valence-electron chi connectivity index (χ3n) is 5.02. The number of carbonyl (C=O) groups is 1. The number of aromatic nitrogens is 1. The maximum atomic E-state index is 13.6. The summed E-state index contributed by atoms with van der Waals surface area (Å²) in [6.45, 7) is 0. The smallest absolute Gasteiger partial charge is 0.349 e. The lowest BCUT2D eigenvalue weighted by molar-refractivity contribution is 0.0984. The summed E-state index contributed by atoms with van der Waals surface area (Å²) in [5, 5.41) is 6.50. The molecule has 0 saturated heterocycles. The van der Waals surface area contributed by atoms with Gasteiger partial charge in [-0.15, -0.1) is 0 Å². The predicted octanol–water partition coefficient (Wildman–Crippen LogP) is 5.85. The van der Waals surface area contributed by atoms with E-state index < -0.39 is 11.5 Å². The summed E-state index contributed by atoms with van der Waals surface area (Å²) in [7, 11) is 1.59. The van der Waals surface area contributed by atoms with Gasteiger partial charge in [-0.25, -0.2) is 9.78 Å². The second kappa shape index (κ2) is 9.20. The van der Waals surface area contributed by atoms with Crippen molar-refractivity contribution >= 4 is 65.7 Å². The van der Waals surface area contributed by atoms with Crippen LogP contribution in [0, 0.1) is 0 Å². The van der Waals surface area contributed by atoms with Crippen LogP contribution in [-0.4, -0.2) is 24.2 Å². The second-order valence-corrected chi connectivity index (χ2v) is 9.15. The van der Waals surface area contributed by atoms with Crippen molar-refractivity contribution in [2.45, 2.75) is 0 Å². The Hall–Kier alpha value is -3.82. The van der Waals surface area contributed by atoms with E-state index in [2.05, 4.69) is 26.0 Å². The molecule has 34 heavy (non-hydrogen) atoms. The number of methoxy groups -OCH3 is 1. The Morgan fingerprint density at radius 1 is 1.12 bits per heavy atom. The number of para-hydroxylation sites is 1. The van der Waals surface area contributed by atoms with E-state index in [1.807, 2.05) is 36.4 Å². The number of ether oxygens (including phenoxy) is 1. The molecule has 0 aliphatic heterocycles. The summed E-state index contributed by atoms with van der Waals surface area (Å²) in [6, 6.07) is 21.4. The van der Waals surface area contributed by atoms with E-state index in [1.165, 1.54) is 23.6 Å². The maximum absolute atomic E-state index is 13.6. The summed E-state index contributed by atoms with van der Waals surface area (Å²) < 4.78 is 12.3. The van der Waals surface area contributed by atoms with Gasteiger partial charge in [0.1, 0.15) is 16.9 Å². The molecule has 7 nitrogen and oxygen atoms in total. The first-order valence-corrected chi connectivity index (χ1v) is 11.7. The largest absolute Gasteiger partial charge is 0.497 e. The number of carbonyl (C=O) groups excluding carboxylic acids is 1. The van der Waals surface area contributed by atoms with Crippen molar-refractivity contribution < 1.29 is 13.9 Å². The second-order valence-electron chi connectivity index (χ2n) is 7.23. The molecule has 0 spiro atoms. The lowest BCUT2D eigenvalue weighted by Crippen LogP contribution is -2.30. The van der Waals surface area contributed by atoms with Crippen molar-refractivity contribution in [3.05, 3.63) is 98.8 Å². The number of halogens is 1. The highest BCUT2D eigenvalue weighted by Gasteiger charge is 2.25. The molecule has 0 saturated carbocycles. The molecule has 0 aliphatic carbocycles. The molecule has 0 radical (unpaired) electrons. The molecule has 2 heterocycles. The molecule has 0 aliphatic rings. The van der Waals surface area contributed by atoms with Gasteiger partial charge in [-0.3, -0.25) is 4.79 Å². The van der Waals surface area contributed by atoms with Crippen molar-refractivity contribution in [2.75, 3.05) is 12.1 Å². The van der Waals surface area contributed by atoms with Gasteiger partial charge in [0.15, 0.2) is 0 Å². The van der Waals surface area contributed by atoms with Crippen LogP contribution in [0.5, 0.6) is 5.75 Å². The normalized spacial score (nSPS) is 11.4. The van der Waals surface area contributed by atoms with Gasteiger partial charge in [0.05, 0.1) is 23.5 Å². The first-order valence-electron chi connectivity index (χ1n) is 10.1. The summed E-state index contributed by atoms with van der Waals surface area (Å²) in [4.78, 5) is 30.8. The number of benzene rings is 3. The van der Waals surface area contributed by atoms with Crippen LogP contribution in [0.25, 0.3) is 21.2 Å². The van der Waals surface area contributed by atoms with Crippen LogP contribution in [0.4, 0.5) is 5.13 Å². The van der Waals surface area contributed by atoms with Gasteiger partial charge >= 0.3 is 5.63 Å². The minimum atomic E-state index is -0.739. The Kier molecular flexibility index (Phi) is 5.95. The first-order chi connectivity index (χ1) is 16.5. The van der Waals surface area contributed by atoms with Crippen molar-refractivity contribution in [1.29, 1.82) is 0 Å². The van der Waals surface area contributed by atoms with Crippen molar-refractivity contribution in [2.24, 2.45) is 5.10 Å². The zero-order valence-corrected chi connectivity index (χ0v) is 20.2. The first kappa shape index (κ1) is 22.0. The monoisotopic (exact) mass is 533 g/mol. The predicted molar refractivity (Wildman–Crippen MR) is 137 cm³/mol. The molecule has 0 bridgehead atoms. The van der Waals surface area contributed by atoms with Gasteiger partial charge in [-0.2, -0.15) is 10.1 Å². The fourth-order valence-electron chi connectivity index (χ4n) is 3.31. The number of hydrogen-bond donors (Lipinski definition) is 0. The number of amides is 1. The molecular weight excluding hydrogens is 518 g/mol. The van der Waals surface area contributed by atoms with E-state index in [0.717, 1.165) is 19.7 Å². The fourth-order valence-corrected chi connectivity index (χ4v) is 4.78. The van der Waals surface area contributed by atoms with Gasteiger partial charge in [0, 0.05) is 9.86 Å². The highest BCUT2D eigenvalue weighted by molar-refractivity contribution is 9.10. The standard InChI is InChI=1S/C25H16BrN3O4S/c1-32-18-9-6-15(7-10-18)14-27-29(25-28-20-11-8-17(26)13-22(20)34-25)23(30)19-12-16-4-2-3-5-21(16)33-24(19)31/h2-14H,1H3/b27-14+. The van der Waals surface area contributed by atoms with Crippen LogP contribution < -0.4 is 15.4 Å². The Morgan fingerprint density at radius 2 is 1.91 bits per heavy atom. The lowest BCUT2D eigenvalue weighted by Gasteiger charge is -2.13. The summed E-state index contributed by atoms with van der Waals surface area (Å²) in [5.41, 5.74) is 0.990. The number of hydrogen-bond acceptors (Lipinski definition) is 7. The zero-order valence-electron chi connectivity index (χ0n) is 17.8. The van der Waals surface area contributed by atoms with E-state index in [4.69, 9.17) is 9.15 Å². The van der Waals surface area contributed by atoms with E-state index in [9.17, 15) is 9.59 Å². The molecular formula is C25H16BrN3O4S. The van der Waals surface area contributed by atoms with Crippen LogP contribution in [0.1, 0.15) is 15.9 Å². The molecule has 5 rings (SSSR count). The number of thiazole rings is 1.